The van der Waals surface area contributed by atoms with Gasteiger partial charge in [0.1, 0.15) is 36.3 Å². The van der Waals surface area contributed by atoms with E-state index < -0.39 is 108 Å². The first-order chi connectivity index (χ1) is 32.9. The van der Waals surface area contributed by atoms with Crippen molar-refractivity contribution < 1.29 is 47.9 Å². The number of nitrogens with two attached hydrogens (primary N) is 4. The summed E-state index contributed by atoms with van der Waals surface area (Å²) in [5, 5.41) is 21.4. The summed E-state index contributed by atoms with van der Waals surface area (Å²) >= 11 is 0. The number of hydrogen-bond acceptors (Lipinski definition) is 11. The highest BCUT2D eigenvalue weighted by atomic mass is 16.2. The Kier molecular flexibility index (Phi) is 20.9. The van der Waals surface area contributed by atoms with Crippen molar-refractivity contribution in [1.29, 1.82) is 0 Å². The molecule has 10 amide bonds. The molecule has 2 aromatic carbocycles. The van der Waals surface area contributed by atoms with Gasteiger partial charge in [0.05, 0.1) is 6.54 Å². The molecule has 3 aromatic rings. The number of para-hydroxylation sites is 1. The Morgan fingerprint density at radius 2 is 1.32 bits per heavy atom. The molecule has 6 atom stereocenters. The van der Waals surface area contributed by atoms with Gasteiger partial charge in [-0.2, -0.15) is 0 Å². The highest BCUT2D eigenvalue weighted by molar-refractivity contribution is 5.98. The molecule has 0 radical (unpaired) electrons. The van der Waals surface area contributed by atoms with E-state index in [9.17, 15) is 47.9 Å². The van der Waals surface area contributed by atoms with Crippen LogP contribution in [0.4, 0.5) is 0 Å². The molecule has 1 aliphatic rings. The van der Waals surface area contributed by atoms with E-state index in [4.69, 9.17) is 22.9 Å². The predicted octanol–water partition coefficient (Wildman–Crippen LogP) is -3.51. The molecule has 69 heavy (non-hydrogen) atoms. The Morgan fingerprint density at radius 3 is 1.99 bits per heavy atom. The second kappa shape index (κ2) is 26.9. The number of carbonyl (C=O) groups excluding carboxylic acids is 10. The van der Waals surface area contributed by atoms with Crippen molar-refractivity contribution in [2.45, 2.75) is 107 Å². The van der Waals surface area contributed by atoms with Gasteiger partial charge < -0.3 is 70.5 Å². The van der Waals surface area contributed by atoms with Gasteiger partial charge in [0.25, 0.3) is 0 Å². The SMILES string of the molecule is CC(=O)NCC(=O)NC1CCC(=O)NCCCC(C(N)=O)NC(=O)[C@H](Cc2c[nH]c3ccccc23)NC(=O)[C@H](CCCN=C(N)N)NC(=O)C(Cc2ccccc2)NC(=O)[C@H](CCC(N)=O)NC1=O. The maximum Gasteiger partial charge on any atom is 0.243 e. The minimum Gasteiger partial charge on any atom is -0.370 e. The lowest BCUT2D eigenvalue weighted by Gasteiger charge is -2.27. The molecule has 0 bridgehead atoms. The molecule has 1 aromatic heterocycles. The third-order valence-corrected chi connectivity index (χ3v) is 11.0. The van der Waals surface area contributed by atoms with Gasteiger partial charge >= 0.3 is 0 Å². The van der Waals surface area contributed by atoms with Gasteiger partial charge in [0.2, 0.25) is 59.1 Å². The van der Waals surface area contributed by atoms with Crippen LogP contribution < -0.4 is 65.5 Å². The first-order valence-electron chi connectivity index (χ1n) is 22.4. The number of guanidine groups is 1. The Bertz CT molecular complexity index is 2350. The maximum absolute atomic E-state index is 14.5. The molecule has 0 aliphatic carbocycles. The zero-order valence-electron chi connectivity index (χ0n) is 38.3. The van der Waals surface area contributed by atoms with Crippen LogP contribution in [0.15, 0.2) is 65.8 Å². The molecular weight excluding hydrogens is 897 g/mol. The Morgan fingerprint density at radius 1 is 0.710 bits per heavy atom. The van der Waals surface area contributed by atoms with Gasteiger partial charge in [0, 0.05) is 62.8 Å². The van der Waals surface area contributed by atoms with Crippen LogP contribution >= 0.6 is 0 Å². The van der Waals surface area contributed by atoms with Gasteiger partial charge in [-0.15, -0.1) is 0 Å². The van der Waals surface area contributed by atoms with Crippen LogP contribution in [0.1, 0.15) is 69.4 Å². The van der Waals surface area contributed by atoms with E-state index in [2.05, 4.69) is 52.5 Å². The number of H-pyrrole nitrogens is 1. The van der Waals surface area contributed by atoms with Crippen molar-refractivity contribution in [3.8, 4) is 0 Å². The number of hydrogen-bond donors (Lipinski definition) is 13. The standard InChI is InChI=1S/C45H62N14O10/c1-25(60)52-24-38(63)54-32-16-18-37(62)50-19-7-13-30(39(47)64)55-44(69)35(22-27-23-53-29-12-6-5-11-28(27)29)59-40(65)31(14-8-20-51-45(48)49)56-43(68)34(21-26-9-3-2-4-10-26)58-42(67)33(57-41(32)66)15-17-36(46)61/h2-6,9-12,23,30-35,53H,7-8,13-22,24H2,1H3,(H2,46,61)(H2,47,64)(H,50,62)(H,52,60)(H,54,63)(H,55,69)(H,56,68)(H,57,66)(H,58,67)(H,59,65)(H4,48,49,51)/t30?,31-,32?,33-,34?,35-/m0/s1. The Hall–Kier alpha value is -8.05. The number of aliphatic imine (C=N–C) groups is 1. The Balaban J connectivity index is 1.77. The molecule has 2 heterocycles. The predicted molar refractivity (Wildman–Crippen MR) is 251 cm³/mol. The summed E-state index contributed by atoms with van der Waals surface area (Å²) in [6.45, 7) is 0.680. The summed E-state index contributed by atoms with van der Waals surface area (Å²) in [7, 11) is 0. The average molecular weight is 959 g/mol. The molecule has 4 rings (SSSR count). The van der Waals surface area contributed by atoms with E-state index in [1.807, 2.05) is 18.2 Å². The number of primary amides is 2. The summed E-state index contributed by atoms with van der Waals surface area (Å²) in [5.74, 6) is -8.24. The van der Waals surface area contributed by atoms with E-state index >= 15 is 0 Å². The van der Waals surface area contributed by atoms with Crippen molar-refractivity contribution in [3.63, 3.8) is 0 Å². The second-order valence-electron chi connectivity index (χ2n) is 16.5. The number of aromatic nitrogens is 1. The molecular formula is C45H62N14O10. The fourth-order valence-electron chi connectivity index (χ4n) is 7.38. The molecule has 3 unspecified atom stereocenters. The highest BCUT2D eigenvalue weighted by Gasteiger charge is 2.34. The quantitative estimate of drug-likeness (QED) is 0.0401. The zero-order valence-corrected chi connectivity index (χ0v) is 38.3. The fourth-order valence-corrected chi connectivity index (χ4v) is 7.38. The van der Waals surface area contributed by atoms with E-state index in [-0.39, 0.29) is 76.8 Å². The number of carbonyl (C=O) groups is 10. The Labute approximate surface area is 397 Å². The number of nitrogens with one attached hydrogen (secondary N) is 9. The van der Waals surface area contributed by atoms with Crippen LogP contribution in [0.2, 0.25) is 0 Å². The van der Waals surface area contributed by atoms with Gasteiger partial charge in [-0.25, -0.2) is 0 Å². The number of aromatic amines is 1. The van der Waals surface area contributed by atoms with Crippen LogP contribution in [0.25, 0.3) is 10.9 Å². The number of fused-ring (bicyclic) bond motifs is 1. The summed E-state index contributed by atoms with van der Waals surface area (Å²) in [6.07, 6.45) is 0.185. The van der Waals surface area contributed by atoms with Crippen molar-refractivity contribution >= 4 is 75.9 Å². The largest absolute Gasteiger partial charge is 0.370 e. The molecule has 1 fully saturated rings. The van der Waals surface area contributed by atoms with Gasteiger partial charge in [0.15, 0.2) is 5.96 Å². The van der Waals surface area contributed by atoms with Gasteiger partial charge in [-0.05, 0) is 55.7 Å². The number of nitrogens with zero attached hydrogens (tertiary/aromatic N) is 1. The smallest absolute Gasteiger partial charge is 0.243 e. The second-order valence-corrected chi connectivity index (χ2v) is 16.5. The maximum atomic E-state index is 14.5. The van der Waals surface area contributed by atoms with Crippen molar-refractivity contribution in [3.05, 3.63) is 71.9 Å². The topological polar surface area (TPSA) is 399 Å². The minimum absolute atomic E-state index is 0.0134. The van der Waals surface area contributed by atoms with Gasteiger partial charge in [-0.1, -0.05) is 48.5 Å². The first-order valence-corrected chi connectivity index (χ1v) is 22.4. The van der Waals surface area contributed by atoms with Crippen LogP contribution in [-0.4, -0.2) is 126 Å². The monoisotopic (exact) mass is 958 g/mol. The van der Waals surface area contributed by atoms with Crippen molar-refractivity contribution in [2.75, 3.05) is 19.6 Å². The molecule has 24 heteroatoms. The number of benzene rings is 2. The minimum atomic E-state index is -1.54. The van der Waals surface area contributed by atoms with E-state index in [0.29, 0.717) is 11.1 Å². The van der Waals surface area contributed by atoms with E-state index in [1.54, 1.807) is 42.6 Å². The fraction of sp³-hybridized carbons (Fsp3) is 0.444. The van der Waals surface area contributed by atoms with Gasteiger partial charge in [-0.3, -0.25) is 52.9 Å². The third-order valence-electron chi connectivity index (χ3n) is 11.0. The lowest BCUT2D eigenvalue weighted by atomic mass is 10.0. The van der Waals surface area contributed by atoms with Crippen LogP contribution in [-0.2, 0) is 60.8 Å². The number of amides is 10. The van der Waals surface area contributed by atoms with Crippen LogP contribution in [0, 0.1) is 0 Å². The lowest BCUT2D eigenvalue weighted by Crippen LogP contribution is -2.60. The lowest BCUT2D eigenvalue weighted by molar-refractivity contribution is -0.135. The van der Waals surface area contributed by atoms with Crippen LogP contribution in [0.3, 0.4) is 0 Å². The van der Waals surface area contributed by atoms with Crippen molar-refractivity contribution in [2.24, 2.45) is 27.9 Å². The first kappa shape index (κ1) is 53.6. The number of rotatable bonds is 15. The summed E-state index contributed by atoms with van der Waals surface area (Å²) < 4.78 is 0. The molecule has 1 aliphatic heterocycles. The summed E-state index contributed by atoms with van der Waals surface area (Å²) in [6, 6.07) is 7.33. The van der Waals surface area contributed by atoms with Crippen molar-refractivity contribution in [1.82, 2.24) is 47.5 Å². The van der Waals surface area contributed by atoms with Crippen LogP contribution in [0.5, 0.6) is 0 Å². The highest BCUT2D eigenvalue weighted by Crippen LogP contribution is 2.20. The summed E-state index contributed by atoms with van der Waals surface area (Å²) in [5.41, 5.74) is 24.2. The third kappa shape index (κ3) is 18.3. The van der Waals surface area contributed by atoms with E-state index in [1.165, 1.54) is 6.92 Å². The molecule has 17 N–H and O–H groups in total. The van der Waals surface area contributed by atoms with E-state index in [0.717, 1.165) is 10.9 Å². The summed E-state index contributed by atoms with van der Waals surface area (Å²) in [4.78, 5) is 140. The molecule has 0 spiro atoms. The normalized spacial score (nSPS) is 21.5. The average Bonchev–Trinajstić information content (AvgIpc) is 3.71. The molecule has 1 saturated heterocycles. The molecule has 0 saturated carbocycles. The molecule has 24 nitrogen and oxygen atoms in total. The zero-order chi connectivity index (χ0) is 50.5. The molecule has 372 valence electrons.